The van der Waals surface area contributed by atoms with Gasteiger partial charge in [0.2, 0.25) is 0 Å². The summed E-state index contributed by atoms with van der Waals surface area (Å²) in [5.74, 6) is 0. The molecule has 11 heteroatoms. The molecule has 116 valence electrons. The SMILES string of the molecule is CSC(=Nc1cc([N+](=O)[O-])cc([N+](=O)[O-])c1CCO)NC#N. The van der Waals surface area contributed by atoms with Crippen molar-refractivity contribution in [1.29, 1.82) is 5.26 Å². The zero-order valence-corrected chi connectivity index (χ0v) is 12.2. The molecule has 1 aromatic rings. The minimum Gasteiger partial charge on any atom is -0.396 e. The Labute approximate surface area is 128 Å². The van der Waals surface area contributed by atoms with Gasteiger partial charge in [-0.2, -0.15) is 5.26 Å². The molecule has 0 unspecified atom stereocenters. The van der Waals surface area contributed by atoms with Crippen LogP contribution in [0.4, 0.5) is 17.1 Å². The first-order valence-electron chi connectivity index (χ1n) is 5.79. The van der Waals surface area contributed by atoms with Gasteiger partial charge in [-0.15, -0.1) is 0 Å². The summed E-state index contributed by atoms with van der Waals surface area (Å²) < 4.78 is 0. The van der Waals surface area contributed by atoms with Crippen molar-refractivity contribution in [3.8, 4) is 6.19 Å². The fraction of sp³-hybridized carbons (Fsp3) is 0.273. The monoisotopic (exact) mass is 325 g/mol. The third-order valence-electron chi connectivity index (χ3n) is 2.54. The van der Waals surface area contributed by atoms with Gasteiger partial charge in [-0.25, -0.2) is 4.99 Å². The van der Waals surface area contributed by atoms with Crippen LogP contribution in [0.1, 0.15) is 5.56 Å². The average molecular weight is 325 g/mol. The first-order chi connectivity index (χ1) is 10.4. The number of hydrogen-bond acceptors (Lipinski definition) is 8. The van der Waals surface area contributed by atoms with E-state index in [4.69, 9.17) is 10.4 Å². The molecule has 0 heterocycles. The summed E-state index contributed by atoms with van der Waals surface area (Å²) in [7, 11) is 0. The van der Waals surface area contributed by atoms with E-state index in [0.29, 0.717) is 0 Å². The minimum absolute atomic E-state index is 0.0398. The molecule has 10 nitrogen and oxygen atoms in total. The quantitative estimate of drug-likeness (QED) is 0.206. The summed E-state index contributed by atoms with van der Waals surface area (Å²) >= 11 is 1.06. The number of aliphatic hydroxyl groups excluding tert-OH is 1. The first kappa shape index (κ1) is 17.3. The van der Waals surface area contributed by atoms with Crippen molar-refractivity contribution >= 4 is 34.0 Å². The second-order valence-electron chi connectivity index (χ2n) is 3.81. The van der Waals surface area contributed by atoms with Gasteiger partial charge >= 0.3 is 0 Å². The van der Waals surface area contributed by atoms with Crippen LogP contribution in [0, 0.1) is 31.7 Å². The topological polar surface area (TPSA) is 155 Å². The zero-order valence-electron chi connectivity index (χ0n) is 11.3. The van der Waals surface area contributed by atoms with E-state index < -0.39 is 21.2 Å². The summed E-state index contributed by atoms with van der Waals surface area (Å²) in [5.41, 5.74) is -0.976. The Morgan fingerprint density at radius 1 is 1.45 bits per heavy atom. The van der Waals surface area contributed by atoms with Crippen LogP contribution in [0.2, 0.25) is 0 Å². The normalized spacial score (nSPS) is 10.9. The zero-order chi connectivity index (χ0) is 16.7. The molecule has 0 bridgehead atoms. The van der Waals surface area contributed by atoms with Crippen molar-refractivity contribution < 1.29 is 15.0 Å². The molecule has 1 rings (SSSR count). The number of nitrogens with zero attached hydrogens (tertiary/aromatic N) is 4. The van der Waals surface area contributed by atoms with E-state index >= 15 is 0 Å². The van der Waals surface area contributed by atoms with Gasteiger partial charge in [-0.3, -0.25) is 25.5 Å². The van der Waals surface area contributed by atoms with Crippen molar-refractivity contribution in [3.63, 3.8) is 0 Å². The second-order valence-corrected chi connectivity index (χ2v) is 4.60. The maximum absolute atomic E-state index is 11.1. The lowest BCUT2D eigenvalue weighted by Gasteiger charge is -2.07. The number of rotatable bonds is 5. The number of benzene rings is 1. The maximum atomic E-state index is 11.1. The van der Waals surface area contributed by atoms with Gasteiger partial charge in [-0.05, 0) is 6.26 Å². The van der Waals surface area contributed by atoms with E-state index in [-0.39, 0.29) is 29.4 Å². The maximum Gasteiger partial charge on any atom is 0.281 e. The Morgan fingerprint density at radius 3 is 2.59 bits per heavy atom. The lowest BCUT2D eigenvalue weighted by Crippen LogP contribution is -2.13. The van der Waals surface area contributed by atoms with Gasteiger partial charge in [0.1, 0.15) is 0 Å². The third kappa shape index (κ3) is 4.14. The molecule has 0 aliphatic rings. The number of thioether (sulfide) groups is 1. The van der Waals surface area contributed by atoms with E-state index in [0.717, 1.165) is 23.9 Å². The van der Waals surface area contributed by atoms with Crippen LogP contribution in [0.25, 0.3) is 0 Å². The minimum atomic E-state index is -0.773. The lowest BCUT2D eigenvalue weighted by molar-refractivity contribution is -0.394. The van der Waals surface area contributed by atoms with Crippen molar-refractivity contribution in [2.24, 2.45) is 4.99 Å². The number of aliphatic hydroxyl groups is 1. The van der Waals surface area contributed by atoms with Gasteiger partial charge in [0.25, 0.3) is 11.4 Å². The van der Waals surface area contributed by atoms with Gasteiger partial charge in [0, 0.05) is 19.1 Å². The molecule has 0 aromatic heterocycles. The number of non-ortho nitro benzene ring substituents is 1. The second kappa shape index (κ2) is 7.91. The van der Waals surface area contributed by atoms with Crippen LogP contribution in [-0.4, -0.2) is 33.0 Å². The van der Waals surface area contributed by atoms with E-state index in [1.165, 1.54) is 0 Å². The predicted molar refractivity (Wildman–Crippen MR) is 79.9 cm³/mol. The number of aliphatic imine (C=N–C) groups is 1. The average Bonchev–Trinajstić information content (AvgIpc) is 2.47. The molecule has 2 N–H and O–H groups in total. The van der Waals surface area contributed by atoms with Gasteiger partial charge in [-0.1, -0.05) is 11.8 Å². The van der Waals surface area contributed by atoms with E-state index in [2.05, 4.69) is 10.3 Å². The van der Waals surface area contributed by atoms with Crippen molar-refractivity contribution in [2.45, 2.75) is 6.42 Å². The van der Waals surface area contributed by atoms with Crippen LogP contribution < -0.4 is 5.32 Å². The molecule has 0 saturated heterocycles. The molecule has 0 fully saturated rings. The fourth-order valence-corrected chi connectivity index (χ4v) is 1.98. The first-order valence-corrected chi connectivity index (χ1v) is 7.01. The van der Waals surface area contributed by atoms with Crippen molar-refractivity contribution in [1.82, 2.24) is 5.32 Å². The summed E-state index contributed by atoms with van der Waals surface area (Å²) in [4.78, 5) is 24.4. The van der Waals surface area contributed by atoms with Crippen LogP contribution >= 0.6 is 11.8 Å². The highest BCUT2D eigenvalue weighted by molar-refractivity contribution is 8.13. The van der Waals surface area contributed by atoms with E-state index in [1.54, 1.807) is 12.4 Å². The Hall–Kier alpha value is -2.71. The summed E-state index contributed by atoms with van der Waals surface area (Å²) in [6.07, 6.45) is 3.16. The molecule has 0 atom stereocenters. The number of nitriles is 1. The fourth-order valence-electron chi connectivity index (χ4n) is 1.65. The number of amidine groups is 1. The summed E-state index contributed by atoms with van der Waals surface area (Å²) in [6.45, 7) is -0.387. The van der Waals surface area contributed by atoms with Crippen LogP contribution in [-0.2, 0) is 6.42 Å². The van der Waals surface area contributed by atoms with Crippen LogP contribution in [0.15, 0.2) is 17.1 Å². The predicted octanol–water partition coefficient (Wildman–Crippen LogP) is 1.46. The van der Waals surface area contributed by atoms with Gasteiger partial charge < -0.3 is 5.11 Å². The van der Waals surface area contributed by atoms with Crippen LogP contribution in [0.5, 0.6) is 0 Å². The Bertz CT molecular complexity index is 670. The van der Waals surface area contributed by atoms with Crippen molar-refractivity contribution in [2.75, 3.05) is 12.9 Å². The molecule has 0 aliphatic carbocycles. The molecular weight excluding hydrogens is 314 g/mol. The standard InChI is InChI=1S/C11H11N5O5S/c1-22-11(13-6-12)14-9-4-7(15(18)19)5-10(16(20)21)8(9)2-3-17/h4-5,17H,2-3H2,1H3,(H,13,14). The smallest absolute Gasteiger partial charge is 0.281 e. The molecular formula is C11H11N5O5S. The number of hydrogen-bond donors (Lipinski definition) is 2. The number of nitrogens with one attached hydrogen (secondary N) is 1. The largest absolute Gasteiger partial charge is 0.396 e. The Kier molecular flexibility index (Phi) is 6.24. The van der Waals surface area contributed by atoms with E-state index in [9.17, 15) is 20.2 Å². The van der Waals surface area contributed by atoms with Gasteiger partial charge in [0.15, 0.2) is 11.4 Å². The highest BCUT2D eigenvalue weighted by atomic mass is 32.2. The van der Waals surface area contributed by atoms with Crippen molar-refractivity contribution in [3.05, 3.63) is 37.9 Å². The summed E-state index contributed by atoms with van der Waals surface area (Å²) in [5, 5.41) is 42.0. The number of nitro benzene ring substituents is 2. The highest BCUT2D eigenvalue weighted by Gasteiger charge is 2.24. The molecule has 0 spiro atoms. The molecule has 0 saturated carbocycles. The number of nitro groups is 2. The lowest BCUT2D eigenvalue weighted by atomic mass is 10.1. The molecule has 0 radical (unpaired) electrons. The van der Waals surface area contributed by atoms with Gasteiger partial charge in [0.05, 0.1) is 27.2 Å². The van der Waals surface area contributed by atoms with E-state index in [1.807, 2.05) is 0 Å². The molecule has 0 aliphatic heterocycles. The summed E-state index contributed by atoms with van der Waals surface area (Å²) in [6, 6.07) is 1.88. The molecule has 0 amide bonds. The Balaban J connectivity index is 3.60. The molecule has 1 aromatic carbocycles. The Morgan fingerprint density at radius 2 is 2.14 bits per heavy atom. The highest BCUT2D eigenvalue weighted by Crippen LogP contribution is 2.34. The molecule has 22 heavy (non-hydrogen) atoms. The van der Waals surface area contributed by atoms with Crippen LogP contribution in [0.3, 0.4) is 0 Å². The third-order valence-corrected chi connectivity index (χ3v) is 3.12.